The van der Waals surface area contributed by atoms with Crippen LogP contribution in [0.3, 0.4) is 0 Å². The molecule has 0 atom stereocenters. The molecule has 0 aliphatic carbocycles. The summed E-state index contributed by atoms with van der Waals surface area (Å²) in [5.41, 5.74) is 0.925. The number of rotatable bonds is 6. The molecule has 0 spiro atoms. The first kappa shape index (κ1) is 17.0. The fourth-order valence-corrected chi connectivity index (χ4v) is 2.05. The average Bonchev–Trinajstić information content (AvgIpc) is 3.09. The Kier molecular flexibility index (Phi) is 5.13. The largest absolute Gasteiger partial charge is 0.515 e. The van der Waals surface area contributed by atoms with Crippen molar-refractivity contribution in [2.75, 3.05) is 0 Å². The Labute approximate surface area is 147 Å². The standard InChI is InChI=1S/C16H13N5O5/c22-16(26-14-8-6-13(7-9-14)21(23)24)25-11-20-18-15(17-19-20)10-12-4-2-1-3-5-12/h1-9H,10-11H2. The number of hydrogen-bond acceptors (Lipinski definition) is 8. The molecule has 1 heterocycles. The van der Waals surface area contributed by atoms with Crippen LogP contribution in [0.2, 0.25) is 0 Å². The molecule has 26 heavy (non-hydrogen) atoms. The number of non-ortho nitro benzene ring substituents is 1. The summed E-state index contributed by atoms with van der Waals surface area (Å²) in [4.78, 5) is 22.8. The monoisotopic (exact) mass is 355 g/mol. The number of nitro groups is 1. The van der Waals surface area contributed by atoms with Crippen molar-refractivity contribution in [3.63, 3.8) is 0 Å². The molecule has 3 aromatic rings. The predicted molar refractivity (Wildman–Crippen MR) is 87.3 cm³/mol. The van der Waals surface area contributed by atoms with Crippen molar-refractivity contribution >= 4 is 11.8 Å². The van der Waals surface area contributed by atoms with Gasteiger partial charge in [0.2, 0.25) is 6.73 Å². The second kappa shape index (κ2) is 7.83. The molecular weight excluding hydrogens is 342 g/mol. The molecule has 0 N–H and O–H groups in total. The van der Waals surface area contributed by atoms with E-state index in [4.69, 9.17) is 9.47 Å². The van der Waals surface area contributed by atoms with Crippen molar-refractivity contribution < 1.29 is 19.2 Å². The number of ether oxygens (including phenoxy) is 2. The van der Waals surface area contributed by atoms with Crippen molar-refractivity contribution in [2.24, 2.45) is 0 Å². The molecule has 0 saturated heterocycles. The van der Waals surface area contributed by atoms with E-state index < -0.39 is 11.1 Å². The summed E-state index contributed by atoms with van der Waals surface area (Å²) in [6, 6.07) is 14.7. The summed E-state index contributed by atoms with van der Waals surface area (Å²) in [6.07, 6.45) is -0.477. The molecule has 0 saturated carbocycles. The lowest BCUT2D eigenvalue weighted by atomic mass is 10.1. The summed E-state index contributed by atoms with van der Waals surface area (Å²) in [7, 11) is 0. The predicted octanol–water partition coefficient (Wildman–Crippen LogP) is 2.35. The number of nitro benzene ring substituents is 1. The van der Waals surface area contributed by atoms with Gasteiger partial charge in [-0.05, 0) is 22.9 Å². The zero-order chi connectivity index (χ0) is 18.4. The van der Waals surface area contributed by atoms with Crippen molar-refractivity contribution in [3.05, 3.63) is 76.1 Å². The van der Waals surface area contributed by atoms with Gasteiger partial charge in [0.15, 0.2) is 5.82 Å². The number of nitrogens with zero attached hydrogens (tertiary/aromatic N) is 5. The van der Waals surface area contributed by atoms with Crippen LogP contribution in [0.4, 0.5) is 10.5 Å². The van der Waals surface area contributed by atoms with Gasteiger partial charge >= 0.3 is 6.16 Å². The summed E-state index contributed by atoms with van der Waals surface area (Å²) in [5.74, 6) is 0.612. The van der Waals surface area contributed by atoms with Gasteiger partial charge in [0, 0.05) is 18.6 Å². The zero-order valence-corrected chi connectivity index (χ0v) is 13.4. The van der Waals surface area contributed by atoms with Gasteiger partial charge in [0.25, 0.3) is 5.69 Å². The normalized spacial score (nSPS) is 10.3. The fourth-order valence-electron chi connectivity index (χ4n) is 2.05. The smallest absolute Gasteiger partial charge is 0.409 e. The van der Waals surface area contributed by atoms with Crippen LogP contribution in [-0.2, 0) is 17.9 Å². The van der Waals surface area contributed by atoms with Crippen LogP contribution in [0, 0.1) is 10.1 Å². The van der Waals surface area contributed by atoms with E-state index in [9.17, 15) is 14.9 Å². The lowest BCUT2D eigenvalue weighted by molar-refractivity contribution is -0.384. The Morgan fingerprint density at radius 2 is 1.85 bits per heavy atom. The topological polar surface area (TPSA) is 122 Å². The van der Waals surface area contributed by atoms with Crippen LogP contribution in [0.25, 0.3) is 0 Å². The second-order valence-electron chi connectivity index (χ2n) is 5.12. The lowest BCUT2D eigenvalue weighted by Gasteiger charge is -2.04. The molecule has 0 aliphatic rings. The molecule has 0 unspecified atom stereocenters. The van der Waals surface area contributed by atoms with Crippen molar-refractivity contribution in [3.8, 4) is 5.75 Å². The van der Waals surface area contributed by atoms with Crippen LogP contribution in [0.15, 0.2) is 54.6 Å². The van der Waals surface area contributed by atoms with Gasteiger partial charge in [-0.2, -0.15) is 0 Å². The molecule has 0 amide bonds. The SMILES string of the molecule is O=C(OCn1nnc(Cc2ccccc2)n1)Oc1ccc([N+](=O)[O-])cc1. The molecule has 3 rings (SSSR count). The highest BCUT2D eigenvalue weighted by atomic mass is 16.7. The Morgan fingerprint density at radius 3 is 2.54 bits per heavy atom. The first-order valence-corrected chi connectivity index (χ1v) is 7.50. The van der Waals surface area contributed by atoms with E-state index in [1.807, 2.05) is 30.3 Å². The minimum absolute atomic E-state index is 0.108. The maximum atomic E-state index is 11.6. The summed E-state index contributed by atoms with van der Waals surface area (Å²) in [5, 5.41) is 22.3. The molecule has 0 aliphatic heterocycles. The zero-order valence-electron chi connectivity index (χ0n) is 13.4. The third-order valence-electron chi connectivity index (χ3n) is 3.25. The van der Waals surface area contributed by atoms with Crippen LogP contribution in [0.1, 0.15) is 11.4 Å². The molecule has 0 radical (unpaired) electrons. The third kappa shape index (κ3) is 4.60. The van der Waals surface area contributed by atoms with E-state index in [0.717, 1.165) is 10.4 Å². The fraction of sp³-hybridized carbons (Fsp3) is 0.125. The Morgan fingerprint density at radius 1 is 1.12 bits per heavy atom. The molecule has 0 fully saturated rings. The van der Waals surface area contributed by atoms with E-state index in [-0.39, 0.29) is 18.2 Å². The minimum Gasteiger partial charge on any atom is -0.409 e. The van der Waals surface area contributed by atoms with Gasteiger partial charge in [0.1, 0.15) is 5.75 Å². The maximum Gasteiger partial charge on any atom is 0.515 e. The van der Waals surface area contributed by atoms with Gasteiger partial charge in [-0.1, -0.05) is 30.3 Å². The van der Waals surface area contributed by atoms with Gasteiger partial charge in [0.05, 0.1) is 4.92 Å². The highest BCUT2D eigenvalue weighted by Gasteiger charge is 2.11. The first-order chi connectivity index (χ1) is 12.6. The van der Waals surface area contributed by atoms with Crippen molar-refractivity contribution in [1.82, 2.24) is 20.2 Å². The Bertz CT molecular complexity index is 895. The third-order valence-corrected chi connectivity index (χ3v) is 3.25. The Balaban J connectivity index is 1.49. The lowest BCUT2D eigenvalue weighted by Crippen LogP contribution is -2.15. The van der Waals surface area contributed by atoms with E-state index >= 15 is 0 Å². The average molecular weight is 355 g/mol. The molecule has 0 bridgehead atoms. The molecule has 2 aromatic carbocycles. The number of carbonyl (C=O) groups excluding carboxylic acids is 1. The molecule has 10 nitrogen and oxygen atoms in total. The van der Waals surface area contributed by atoms with E-state index in [1.54, 1.807) is 0 Å². The molecule has 10 heteroatoms. The minimum atomic E-state index is -0.985. The van der Waals surface area contributed by atoms with Crippen LogP contribution in [0.5, 0.6) is 5.75 Å². The van der Waals surface area contributed by atoms with Crippen molar-refractivity contribution in [1.29, 1.82) is 0 Å². The summed E-state index contributed by atoms with van der Waals surface area (Å²) >= 11 is 0. The second-order valence-corrected chi connectivity index (χ2v) is 5.12. The summed E-state index contributed by atoms with van der Waals surface area (Å²) < 4.78 is 9.78. The first-order valence-electron chi connectivity index (χ1n) is 7.50. The van der Waals surface area contributed by atoms with E-state index in [0.29, 0.717) is 12.2 Å². The highest BCUT2D eigenvalue weighted by Crippen LogP contribution is 2.17. The van der Waals surface area contributed by atoms with E-state index in [2.05, 4.69) is 15.4 Å². The number of aromatic nitrogens is 4. The molecular formula is C16H13N5O5. The molecule has 1 aromatic heterocycles. The van der Waals surface area contributed by atoms with Crippen LogP contribution >= 0.6 is 0 Å². The Hall–Kier alpha value is -3.82. The van der Waals surface area contributed by atoms with Gasteiger partial charge in [-0.3, -0.25) is 10.1 Å². The van der Waals surface area contributed by atoms with E-state index in [1.165, 1.54) is 24.3 Å². The number of tetrazole rings is 1. The number of carbonyl (C=O) groups is 1. The number of hydrogen-bond donors (Lipinski definition) is 0. The van der Waals surface area contributed by atoms with Gasteiger partial charge in [-0.15, -0.1) is 15.0 Å². The summed E-state index contributed by atoms with van der Waals surface area (Å²) in [6.45, 7) is -0.270. The van der Waals surface area contributed by atoms with Crippen molar-refractivity contribution in [2.45, 2.75) is 13.2 Å². The van der Waals surface area contributed by atoms with Gasteiger partial charge in [-0.25, -0.2) is 4.79 Å². The quantitative estimate of drug-likeness (QED) is 0.286. The highest BCUT2D eigenvalue weighted by molar-refractivity contribution is 5.63. The van der Waals surface area contributed by atoms with Crippen LogP contribution in [-0.4, -0.2) is 31.3 Å². The van der Waals surface area contributed by atoms with Gasteiger partial charge < -0.3 is 9.47 Å². The van der Waals surface area contributed by atoms with Crippen LogP contribution < -0.4 is 4.74 Å². The number of benzene rings is 2. The molecule has 132 valence electrons. The maximum absolute atomic E-state index is 11.6.